The van der Waals surface area contributed by atoms with Crippen molar-refractivity contribution in [1.82, 2.24) is 0 Å². The van der Waals surface area contributed by atoms with Gasteiger partial charge in [-0.3, -0.25) is 0 Å². The molecule has 0 aromatic rings. The van der Waals surface area contributed by atoms with Crippen molar-refractivity contribution >= 4 is 0 Å². The maximum Gasteiger partial charge on any atom is 0.157 e. The molecule has 0 fully saturated rings. The van der Waals surface area contributed by atoms with E-state index in [4.69, 9.17) is 14.2 Å². The van der Waals surface area contributed by atoms with Gasteiger partial charge in [0.25, 0.3) is 0 Å². The van der Waals surface area contributed by atoms with Gasteiger partial charge in [0.2, 0.25) is 0 Å². The Bertz CT molecular complexity index is 106. The van der Waals surface area contributed by atoms with Crippen LogP contribution >= 0.6 is 0 Å². The summed E-state index contributed by atoms with van der Waals surface area (Å²) in [6.07, 6.45) is 2.24. The predicted molar refractivity (Wildman–Crippen MR) is 52.4 cm³/mol. The zero-order valence-corrected chi connectivity index (χ0v) is 9.21. The van der Waals surface area contributed by atoms with Crippen LogP contribution in [0.5, 0.6) is 0 Å². The first-order valence-electron chi connectivity index (χ1n) is 4.92. The average Bonchev–Trinajstić information content (AvgIpc) is 2.12. The summed E-state index contributed by atoms with van der Waals surface area (Å²) >= 11 is 0. The van der Waals surface area contributed by atoms with Gasteiger partial charge in [-0.1, -0.05) is 20.3 Å². The summed E-state index contributed by atoms with van der Waals surface area (Å²) in [7, 11) is 1.62. The van der Waals surface area contributed by atoms with Crippen LogP contribution in [0.4, 0.5) is 0 Å². The van der Waals surface area contributed by atoms with Crippen LogP contribution in [0.2, 0.25) is 0 Å². The molecule has 0 bridgehead atoms. The van der Waals surface area contributed by atoms with Crippen molar-refractivity contribution in [2.24, 2.45) is 5.92 Å². The second-order valence-electron chi connectivity index (χ2n) is 3.35. The fourth-order valence-corrected chi connectivity index (χ4v) is 1.04. The van der Waals surface area contributed by atoms with Gasteiger partial charge in [0, 0.05) is 7.11 Å². The SMILES string of the molecule is CCCC(C)COCOC(C)OC. The molecule has 80 valence electrons. The van der Waals surface area contributed by atoms with E-state index >= 15 is 0 Å². The van der Waals surface area contributed by atoms with Crippen molar-refractivity contribution in [3.8, 4) is 0 Å². The van der Waals surface area contributed by atoms with E-state index in [-0.39, 0.29) is 6.29 Å². The van der Waals surface area contributed by atoms with Crippen molar-refractivity contribution in [2.75, 3.05) is 20.5 Å². The maximum atomic E-state index is 5.32. The molecule has 0 saturated carbocycles. The smallest absolute Gasteiger partial charge is 0.157 e. The van der Waals surface area contributed by atoms with E-state index in [0.29, 0.717) is 12.7 Å². The first-order valence-corrected chi connectivity index (χ1v) is 4.92. The number of ether oxygens (including phenoxy) is 3. The highest BCUT2D eigenvalue weighted by Crippen LogP contribution is 2.05. The van der Waals surface area contributed by atoms with Crippen LogP contribution in [-0.2, 0) is 14.2 Å². The van der Waals surface area contributed by atoms with E-state index in [1.54, 1.807) is 7.11 Å². The second kappa shape index (κ2) is 8.48. The highest BCUT2D eigenvalue weighted by molar-refractivity contribution is 4.48. The molecule has 0 aliphatic heterocycles. The van der Waals surface area contributed by atoms with Gasteiger partial charge in [-0.05, 0) is 19.3 Å². The van der Waals surface area contributed by atoms with Gasteiger partial charge in [-0.25, -0.2) is 0 Å². The first kappa shape index (κ1) is 12.9. The van der Waals surface area contributed by atoms with E-state index < -0.39 is 0 Å². The molecule has 3 heteroatoms. The van der Waals surface area contributed by atoms with Crippen LogP contribution in [0, 0.1) is 5.92 Å². The lowest BCUT2D eigenvalue weighted by Crippen LogP contribution is -2.15. The quantitative estimate of drug-likeness (QED) is 0.434. The lowest BCUT2D eigenvalue weighted by Gasteiger charge is -2.13. The number of rotatable bonds is 8. The molecule has 0 spiro atoms. The largest absolute Gasteiger partial charge is 0.356 e. The normalized spacial score (nSPS) is 15.7. The number of hydrogen-bond donors (Lipinski definition) is 0. The van der Waals surface area contributed by atoms with Crippen LogP contribution in [-0.4, -0.2) is 26.8 Å². The topological polar surface area (TPSA) is 27.7 Å². The van der Waals surface area contributed by atoms with E-state index in [2.05, 4.69) is 13.8 Å². The summed E-state index contributed by atoms with van der Waals surface area (Å²) in [5.74, 6) is 0.617. The van der Waals surface area contributed by atoms with Crippen molar-refractivity contribution in [2.45, 2.75) is 39.9 Å². The van der Waals surface area contributed by atoms with Crippen molar-refractivity contribution < 1.29 is 14.2 Å². The third-order valence-electron chi connectivity index (χ3n) is 1.90. The molecule has 0 radical (unpaired) electrons. The van der Waals surface area contributed by atoms with Crippen molar-refractivity contribution in [3.63, 3.8) is 0 Å². The summed E-state index contributed by atoms with van der Waals surface area (Å²) in [5, 5.41) is 0. The van der Waals surface area contributed by atoms with Crippen LogP contribution in [0.25, 0.3) is 0 Å². The maximum absolute atomic E-state index is 5.32. The molecule has 0 rings (SSSR count). The lowest BCUT2D eigenvalue weighted by atomic mass is 10.1. The first-order chi connectivity index (χ1) is 6.20. The standard InChI is InChI=1S/C10H22O3/c1-5-6-9(2)7-12-8-13-10(3)11-4/h9-10H,5-8H2,1-4H3. The lowest BCUT2D eigenvalue weighted by molar-refractivity contribution is -0.177. The fraction of sp³-hybridized carbons (Fsp3) is 1.00. The Morgan fingerprint density at radius 1 is 1.23 bits per heavy atom. The molecule has 3 nitrogen and oxygen atoms in total. The Morgan fingerprint density at radius 2 is 1.92 bits per heavy atom. The minimum atomic E-state index is -0.179. The highest BCUT2D eigenvalue weighted by atomic mass is 16.7. The highest BCUT2D eigenvalue weighted by Gasteiger charge is 2.01. The van der Waals surface area contributed by atoms with Crippen molar-refractivity contribution in [3.05, 3.63) is 0 Å². The van der Waals surface area contributed by atoms with Crippen LogP contribution in [0.3, 0.4) is 0 Å². The molecule has 2 unspecified atom stereocenters. The van der Waals surface area contributed by atoms with E-state index in [1.807, 2.05) is 6.92 Å². The van der Waals surface area contributed by atoms with Crippen LogP contribution < -0.4 is 0 Å². The van der Waals surface area contributed by atoms with Gasteiger partial charge in [0.15, 0.2) is 6.29 Å². The minimum absolute atomic E-state index is 0.179. The van der Waals surface area contributed by atoms with Crippen LogP contribution in [0.15, 0.2) is 0 Å². The number of methoxy groups -OCH3 is 1. The van der Waals surface area contributed by atoms with Gasteiger partial charge in [-0.2, -0.15) is 0 Å². The molecule has 0 saturated heterocycles. The zero-order valence-electron chi connectivity index (χ0n) is 9.21. The Hall–Kier alpha value is -0.120. The zero-order chi connectivity index (χ0) is 10.1. The summed E-state index contributed by atoms with van der Waals surface area (Å²) in [5.41, 5.74) is 0. The van der Waals surface area contributed by atoms with E-state index in [1.165, 1.54) is 12.8 Å². The molecular formula is C10H22O3. The molecule has 13 heavy (non-hydrogen) atoms. The monoisotopic (exact) mass is 190 g/mol. The molecule has 0 heterocycles. The number of hydrogen-bond acceptors (Lipinski definition) is 3. The third-order valence-corrected chi connectivity index (χ3v) is 1.90. The minimum Gasteiger partial charge on any atom is -0.356 e. The summed E-state index contributed by atoms with van der Waals surface area (Å²) < 4.78 is 15.4. The van der Waals surface area contributed by atoms with E-state index in [0.717, 1.165) is 6.61 Å². The van der Waals surface area contributed by atoms with E-state index in [9.17, 15) is 0 Å². The second-order valence-corrected chi connectivity index (χ2v) is 3.35. The molecule has 0 aliphatic carbocycles. The van der Waals surface area contributed by atoms with Gasteiger partial charge >= 0.3 is 0 Å². The molecule has 0 aromatic carbocycles. The predicted octanol–water partition coefficient (Wildman–Crippen LogP) is 2.41. The molecule has 2 atom stereocenters. The van der Waals surface area contributed by atoms with Gasteiger partial charge in [0.05, 0.1) is 6.61 Å². The fourth-order valence-electron chi connectivity index (χ4n) is 1.04. The van der Waals surface area contributed by atoms with Gasteiger partial charge in [-0.15, -0.1) is 0 Å². The Labute approximate surface area is 81.4 Å². The van der Waals surface area contributed by atoms with Gasteiger partial charge in [0.1, 0.15) is 6.79 Å². The third kappa shape index (κ3) is 8.22. The molecule has 0 aliphatic rings. The Morgan fingerprint density at radius 3 is 2.46 bits per heavy atom. The average molecular weight is 190 g/mol. The van der Waals surface area contributed by atoms with Crippen LogP contribution in [0.1, 0.15) is 33.6 Å². The molecule has 0 N–H and O–H groups in total. The Balaban J connectivity index is 3.15. The Kier molecular flexibility index (Phi) is 8.40. The molecular weight excluding hydrogens is 168 g/mol. The van der Waals surface area contributed by atoms with Gasteiger partial charge < -0.3 is 14.2 Å². The summed E-state index contributed by atoms with van der Waals surface area (Å²) in [6.45, 7) is 7.30. The molecule has 0 aromatic heterocycles. The molecule has 0 amide bonds. The summed E-state index contributed by atoms with van der Waals surface area (Å²) in [4.78, 5) is 0. The van der Waals surface area contributed by atoms with Crippen molar-refractivity contribution in [1.29, 1.82) is 0 Å². The summed E-state index contributed by atoms with van der Waals surface area (Å²) in [6, 6.07) is 0.